The van der Waals surface area contributed by atoms with Crippen molar-refractivity contribution in [3.05, 3.63) is 22.7 Å². The average Bonchev–Trinajstić information content (AvgIpc) is 1.86. The summed E-state index contributed by atoms with van der Waals surface area (Å²) in [6, 6.07) is 0. The van der Waals surface area contributed by atoms with Crippen LogP contribution in [0, 0.1) is 6.85 Å². The third-order valence-electron chi connectivity index (χ3n) is 0.620. The molecule has 1 rings (SSSR count). The highest BCUT2D eigenvalue weighted by atomic mass is 79.9. The van der Waals surface area contributed by atoms with Gasteiger partial charge < -0.3 is 0 Å². The summed E-state index contributed by atoms with van der Waals surface area (Å²) in [6.07, 6.45) is 2.56. The fraction of sp³-hybridized carbons (Fsp3) is 0.200. The van der Waals surface area contributed by atoms with Gasteiger partial charge in [-0.1, -0.05) is 0 Å². The SMILES string of the molecule is [2H]C([2H])([2H])c1cnc(Br)nc1. The molecule has 0 saturated carbocycles. The van der Waals surface area contributed by atoms with Crippen LogP contribution in [0.25, 0.3) is 0 Å². The minimum atomic E-state index is -2.11. The number of rotatable bonds is 0. The predicted octanol–water partition coefficient (Wildman–Crippen LogP) is 1.55. The summed E-state index contributed by atoms with van der Waals surface area (Å²) >= 11 is 3.01. The molecule has 1 aromatic rings. The van der Waals surface area contributed by atoms with E-state index in [1.165, 1.54) is 12.4 Å². The molecule has 3 heteroatoms. The maximum absolute atomic E-state index is 6.98. The Morgan fingerprint density at radius 2 is 2.25 bits per heavy atom. The monoisotopic (exact) mass is 175 g/mol. The zero-order valence-electron chi connectivity index (χ0n) is 6.93. The van der Waals surface area contributed by atoms with E-state index in [-0.39, 0.29) is 5.56 Å². The lowest BCUT2D eigenvalue weighted by Crippen LogP contribution is -1.80. The molecule has 0 fully saturated rings. The molecule has 42 valence electrons. The van der Waals surface area contributed by atoms with E-state index < -0.39 is 6.85 Å². The third-order valence-corrected chi connectivity index (χ3v) is 1.03. The molecular weight excluding hydrogens is 168 g/mol. The van der Waals surface area contributed by atoms with Gasteiger partial charge in [-0.15, -0.1) is 0 Å². The Morgan fingerprint density at radius 3 is 2.75 bits per heavy atom. The molecular formula is C5H5BrN2. The molecule has 0 aliphatic carbocycles. The van der Waals surface area contributed by atoms with Crippen molar-refractivity contribution in [2.24, 2.45) is 0 Å². The lowest BCUT2D eigenvalue weighted by atomic mass is 10.4. The normalized spacial score (nSPS) is 16.4. The zero-order chi connectivity index (χ0) is 8.48. The molecule has 8 heavy (non-hydrogen) atoms. The fourth-order valence-electron chi connectivity index (χ4n) is 0.312. The van der Waals surface area contributed by atoms with E-state index in [0.717, 1.165) is 0 Å². The molecule has 1 heterocycles. The van der Waals surface area contributed by atoms with Gasteiger partial charge in [-0.2, -0.15) is 0 Å². The predicted molar refractivity (Wildman–Crippen MR) is 34.5 cm³/mol. The Bertz CT molecular complexity index is 243. The highest BCUT2D eigenvalue weighted by molar-refractivity contribution is 9.10. The molecule has 0 aromatic carbocycles. The molecule has 0 bridgehead atoms. The number of hydrogen-bond acceptors (Lipinski definition) is 2. The first-order valence-corrected chi connectivity index (χ1v) is 2.77. The van der Waals surface area contributed by atoms with Gasteiger partial charge in [0, 0.05) is 16.5 Å². The topological polar surface area (TPSA) is 25.8 Å². The van der Waals surface area contributed by atoms with Gasteiger partial charge in [0.15, 0.2) is 4.73 Å². The number of nitrogens with zero attached hydrogens (tertiary/aromatic N) is 2. The third kappa shape index (κ3) is 1.26. The van der Waals surface area contributed by atoms with Crippen LogP contribution in [0.5, 0.6) is 0 Å². The van der Waals surface area contributed by atoms with Crippen LogP contribution in [0.15, 0.2) is 17.1 Å². The average molecular weight is 176 g/mol. The van der Waals surface area contributed by atoms with Crippen LogP contribution in [-0.4, -0.2) is 9.97 Å². The summed E-state index contributed by atoms with van der Waals surface area (Å²) in [5.41, 5.74) is 0.153. The number of aryl methyl sites for hydroxylation is 1. The van der Waals surface area contributed by atoms with E-state index in [9.17, 15) is 0 Å². The van der Waals surface area contributed by atoms with Crippen LogP contribution >= 0.6 is 15.9 Å². The summed E-state index contributed by atoms with van der Waals surface area (Å²) < 4.78 is 21.3. The molecule has 0 radical (unpaired) electrons. The van der Waals surface area contributed by atoms with Crippen molar-refractivity contribution in [2.45, 2.75) is 6.85 Å². The zero-order valence-corrected chi connectivity index (χ0v) is 5.51. The lowest BCUT2D eigenvalue weighted by Gasteiger charge is -1.86. The second-order valence-corrected chi connectivity index (χ2v) is 1.95. The van der Waals surface area contributed by atoms with Crippen LogP contribution in [0.3, 0.4) is 0 Å². The molecule has 1 aromatic heterocycles. The van der Waals surface area contributed by atoms with Crippen molar-refractivity contribution in [1.82, 2.24) is 9.97 Å². The van der Waals surface area contributed by atoms with Crippen LogP contribution in [-0.2, 0) is 0 Å². The summed E-state index contributed by atoms with van der Waals surface area (Å²) in [5.74, 6) is 0. The molecule has 0 amide bonds. The number of halogens is 1. The van der Waals surface area contributed by atoms with Crippen LogP contribution in [0.4, 0.5) is 0 Å². The van der Waals surface area contributed by atoms with Gasteiger partial charge in [0.25, 0.3) is 0 Å². The van der Waals surface area contributed by atoms with E-state index in [1.54, 1.807) is 0 Å². The highest BCUT2D eigenvalue weighted by Crippen LogP contribution is 1.98. The molecule has 0 aliphatic heterocycles. The first-order chi connectivity index (χ1) is 5.00. The molecule has 2 nitrogen and oxygen atoms in total. The Hall–Kier alpha value is -0.440. The van der Waals surface area contributed by atoms with Crippen molar-refractivity contribution in [3.8, 4) is 0 Å². The largest absolute Gasteiger partial charge is 0.230 e. The smallest absolute Gasteiger partial charge is 0.196 e. The van der Waals surface area contributed by atoms with E-state index in [2.05, 4.69) is 25.9 Å². The summed E-state index contributed by atoms with van der Waals surface area (Å²) in [7, 11) is 0. The summed E-state index contributed by atoms with van der Waals surface area (Å²) in [4.78, 5) is 7.38. The summed E-state index contributed by atoms with van der Waals surface area (Å²) in [5, 5.41) is 0. The van der Waals surface area contributed by atoms with Crippen molar-refractivity contribution in [3.63, 3.8) is 0 Å². The second kappa shape index (κ2) is 2.22. The lowest BCUT2D eigenvalue weighted by molar-refractivity contribution is 1.08. The number of hydrogen-bond donors (Lipinski definition) is 0. The van der Waals surface area contributed by atoms with Crippen molar-refractivity contribution >= 4 is 15.9 Å². The van der Waals surface area contributed by atoms with Gasteiger partial charge >= 0.3 is 0 Å². The first-order valence-electron chi connectivity index (χ1n) is 3.48. The Balaban J connectivity index is 2.99. The van der Waals surface area contributed by atoms with Gasteiger partial charge in [-0.05, 0) is 28.3 Å². The maximum atomic E-state index is 6.98. The first kappa shape index (κ1) is 2.92. The van der Waals surface area contributed by atoms with Crippen molar-refractivity contribution < 1.29 is 4.11 Å². The van der Waals surface area contributed by atoms with E-state index in [1.807, 2.05) is 0 Å². The van der Waals surface area contributed by atoms with E-state index in [0.29, 0.717) is 4.73 Å². The quantitative estimate of drug-likeness (QED) is 0.560. The van der Waals surface area contributed by atoms with Crippen LogP contribution in [0.1, 0.15) is 9.68 Å². The van der Waals surface area contributed by atoms with Crippen LogP contribution in [0.2, 0.25) is 0 Å². The Labute approximate surface area is 60.3 Å². The molecule has 0 unspecified atom stereocenters. The second-order valence-electron chi connectivity index (χ2n) is 1.24. The molecule has 0 aliphatic rings. The van der Waals surface area contributed by atoms with Gasteiger partial charge in [-0.25, -0.2) is 9.97 Å². The molecule has 0 saturated heterocycles. The van der Waals surface area contributed by atoms with E-state index in [4.69, 9.17) is 4.11 Å². The highest BCUT2D eigenvalue weighted by Gasteiger charge is 1.84. The van der Waals surface area contributed by atoms with Gasteiger partial charge in [0.2, 0.25) is 0 Å². The van der Waals surface area contributed by atoms with Gasteiger partial charge in [0.05, 0.1) is 0 Å². The molecule has 0 spiro atoms. The Morgan fingerprint density at radius 1 is 1.62 bits per heavy atom. The molecule has 0 atom stereocenters. The minimum absolute atomic E-state index is 0.153. The maximum Gasteiger partial charge on any atom is 0.196 e. The number of aromatic nitrogens is 2. The standard InChI is InChI=1S/C5H5BrN2/c1-4-2-7-5(6)8-3-4/h2-3H,1H3/i1D3. The van der Waals surface area contributed by atoms with Gasteiger partial charge in [0.1, 0.15) is 0 Å². The van der Waals surface area contributed by atoms with E-state index >= 15 is 0 Å². The Kier molecular flexibility index (Phi) is 0.809. The summed E-state index contributed by atoms with van der Waals surface area (Å²) in [6.45, 7) is -2.11. The molecule has 0 N–H and O–H groups in total. The van der Waals surface area contributed by atoms with Crippen molar-refractivity contribution in [1.29, 1.82) is 0 Å². The minimum Gasteiger partial charge on any atom is -0.230 e. The fourth-order valence-corrected chi connectivity index (χ4v) is 0.517. The van der Waals surface area contributed by atoms with Crippen LogP contribution < -0.4 is 0 Å². The van der Waals surface area contributed by atoms with Gasteiger partial charge in [-0.3, -0.25) is 0 Å². The van der Waals surface area contributed by atoms with Crippen molar-refractivity contribution in [2.75, 3.05) is 0 Å².